The first-order valence-electron chi connectivity index (χ1n) is 4.51. The zero-order valence-electron chi connectivity index (χ0n) is 7.92. The van der Waals surface area contributed by atoms with Crippen LogP contribution in [-0.4, -0.2) is 31.5 Å². The van der Waals surface area contributed by atoms with E-state index in [1.165, 1.54) is 0 Å². The average Bonchev–Trinajstić information content (AvgIpc) is 1.98. The Morgan fingerprint density at radius 3 is 2.58 bits per heavy atom. The third-order valence-corrected chi connectivity index (χ3v) is 2.95. The maximum atomic E-state index is 9.73. The molecule has 0 unspecified atom stereocenters. The standard InChI is InChI=1S/C9H19NO2/c1-7-3-9(4-7,6-10)8(11)5-12-2/h7-8,11H,3-6,10H2,1-2H3/t7?,8-,9?/m1/s1. The molecule has 1 fully saturated rings. The average molecular weight is 173 g/mol. The highest BCUT2D eigenvalue weighted by atomic mass is 16.5. The van der Waals surface area contributed by atoms with Crippen molar-refractivity contribution < 1.29 is 9.84 Å². The van der Waals surface area contributed by atoms with Gasteiger partial charge in [-0.2, -0.15) is 0 Å². The number of nitrogens with two attached hydrogens (primary N) is 1. The van der Waals surface area contributed by atoms with Crippen LogP contribution in [0.1, 0.15) is 19.8 Å². The van der Waals surface area contributed by atoms with Crippen molar-refractivity contribution in [2.24, 2.45) is 17.1 Å². The van der Waals surface area contributed by atoms with Crippen molar-refractivity contribution in [2.45, 2.75) is 25.9 Å². The number of rotatable bonds is 4. The molecule has 12 heavy (non-hydrogen) atoms. The highest BCUT2D eigenvalue weighted by molar-refractivity contribution is 4.97. The molecule has 0 spiro atoms. The Kier molecular flexibility index (Phi) is 3.09. The van der Waals surface area contributed by atoms with Gasteiger partial charge in [-0.15, -0.1) is 0 Å². The van der Waals surface area contributed by atoms with Gasteiger partial charge in [-0.25, -0.2) is 0 Å². The van der Waals surface area contributed by atoms with Crippen LogP contribution in [0.25, 0.3) is 0 Å². The van der Waals surface area contributed by atoms with Gasteiger partial charge in [0.25, 0.3) is 0 Å². The summed E-state index contributed by atoms with van der Waals surface area (Å²) in [6.07, 6.45) is 1.69. The summed E-state index contributed by atoms with van der Waals surface area (Å²) in [5.41, 5.74) is 5.60. The van der Waals surface area contributed by atoms with E-state index < -0.39 is 0 Å². The van der Waals surface area contributed by atoms with Gasteiger partial charge in [0, 0.05) is 19.1 Å². The smallest absolute Gasteiger partial charge is 0.0841 e. The van der Waals surface area contributed by atoms with E-state index >= 15 is 0 Å². The molecule has 1 aliphatic carbocycles. The van der Waals surface area contributed by atoms with E-state index in [2.05, 4.69) is 6.92 Å². The number of hydrogen-bond acceptors (Lipinski definition) is 3. The van der Waals surface area contributed by atoms with Gasteiger partial charge in [0.15, 0.2) is 0 Å². The van der Waals surface area contributed by atoms with Crippen molar-refractivity contribution in [1.82, 2.24) is 0 Å². The molecule has 1 saturated carbocycles. The number of aliphatic hydroxyl groups excluding tert-OH is 1. The monoisotopic (exact) mass is 173 g/mol. The molecule has 3 heteroatoms. The van der Waals surface area contributed by atoms with Gasteiger partial charge in [-0.3, -0.25) is 0 Å². The van der Waals surface area contributed by atoms with E-state index in [1.807, 2.05) is 0 Å². The van der Waals surface area contributed by atoms with Gasteiger partial charge in [-0.05, 0) is 18.8 Å². The second kappa shape index (κ2) is 3.73. The summed E-state index contributed by atoms with van der Waals surface area (Å²) in [7, 11) is 1.61. The third kappa shape index (κ3) is 1.63. The molecule has 0 saturated heterocycles. The maximum absolute atomic E-state index is 9.73. The summed E-state index contributed by atoms with van der Waals surface area (Å²) in [6.45, 7) is 3.17. The summed E-state index contributed by atoms with van der Waals surface area (Å²) in [5, 5.41) is 9.73. The topological polar surface area (TPSA) is 55.5 Å². The molecular weight excluding hydrogens is 154 g/mol. The van der Waals surface area contributed by atoms with E-state index in [-0.39, 0.29) is 11.5 Å². The number of ether oxygens (including phenoxy) is 1. The summed E-state index contributed by atoms with van der Waals surface area (Å²) in [6, 6.07) is 0. The minimum Gasteiger partial charge on any atom is -0.390 e. The lowest BCUT2D eigenvalue weighted by molar-refractivity contribution is -0.0881. The van der Waals surface area contributed by atoms with Gasteiger partial charge < -0.3 is 15.6 Å². The largest absolute Gasteiger partial charge is 0.390 e. The first-order chi connectivity index (χ1) is 5.64. The Labute approximate surface area is 73.9 Å². The Morgan fingerprint density at radius 1 is 1.67 bits per heavy atom. The predicted molar refractivity (Wildman–Crippen MR) is 47.8 cm³/mol. The summed E-state index contributed by atoms with van der Waals surface area (Å²) in [4.78, 5) is 0. The Hall–Kier alpha value is -0.120. The molecule has 0 heterocycles. The fourth-order valence-electron chi connectivity index (χ4n) is 2.24. The summed E-state index contributed by atoms with van der Waals surface area (Å²) in [5.74, 6) is 0.708. The fraction of sp³-hybridized carbons (Fsp3) is 1.00. The fourth-order valence-corrected chi connectivity index (χ4v) is 2.24. The Balaban J connectivity index is 2.45. The molecule has 3 N–H and O–H groups in total. The van der Waals surface area contributed by atoms with Crippen LogP contribution in [0.2, 0.25) is 0 Å². The number of hydrogen-bond donors (Lipinski definition) is 2. The molecule has 1 atom stereocenters. The number of methoxy groups -OCH3 is 1. The minimum atomic E-state index is -0.385. The van der Waals surface area contributed by atoms with Crippen molar-refractivity contribution in [2.75, 3.05) is 20.3 Å². The lowest BCUT2D eigenvalue weighted by Crippen LogP contribution is -2.52. The highest BCUT2D eigenvalue weighted by Crippen LogP contribution is 2.47. The van der Waals surface area contributed by atoms with Crippen LogP contribution in [-0.2, 0) is 4.74 Å². The van der Waals surface area contributed by atoms with Crippen LogP contribution in [0.3, 0.4) is 0 Å². The molecule has 0 bridgehead atoms. The van der Waals surface area contributed by atoms with Crippen molar-refractivity contribution in [1.29, 1.82) is 0 Å². The summed E-state index contributed by atoms with van der Waals surface area (Å²) >= 11 is 0. The lowest BCUT2D eigenvalue weighted by atomic mass is 9.60. The SMILES string of the molecule is COC[C@@H](O)C1(CN)CC(C)C1. The minimum absolute atomic E-state index is 0.0462. The third-order valence-electron chi connectivity index (χ3n) is 2.95. The van der Waals surface area contributed by atoms with Gasteiger partial charge >= 0.3 is 0 Å². The molecule has 0 aromatic rings. The molecule has 1 rings (SSSR count). The molecule has 0 aliphatic heterocycles. The second-order valence-electron chi connectivity index (χ2n) is 4.05. The van der Waals surface area contributed by atoms with Gasteiger partial charge in [0.05, 0.1) is 12.7 Å². The molecule has 0 aromatic heterocycles. The zero-order chi connectivity index (χ0) is 9.19. The molecule has 1 aliphatic rings. The van der Waals surface area contributed by atoms with E-state index in [0.29, 0.717) is 19.1 Å². The van der Waals surface area contributed by atoms with Gasteiger partial charge in [0.1, 0.15) is 0 Å². The van der Waals surface area contributed by atoms with E-state index in [1.54, 1.807) is 7.11 Å². The van der Waals surface area contributed by atoms with E-state index in [4.69, 9.17) is 10.5 Å². The first kappa shape index (κ1) is 9.96. The lowest BCUT2D eigenvalue weighted by Gasteiger charge is -2.48. The first-order valence-corrected chi connectivity index (χ1v) is 4.51. The van der Waals surface area contributed by atoms with Crippen molar-refractivity contribution in [3.63, 3.8) is 0 Å². The van der Waals surface area contributed by atoms with E-state index in [0.717, 1.165) is 12.8 Å². The van der Waals surface area contributed by atoms with E-state index in [9.17, 15) is 5.11 Å². The highest BCUT2D eigenvalue weighted by Gasteiger charge is 2.46. The van der Waals surface area contributed by atoms with Crippen LogP contribution >= 0.6 is 0 Å². The normalized spacial score (nSPS) is 37.5. The van der Waals surface area contributed by atoms with Crippen molar-refractivity contribution in [3.05, 3.63) is 0 Å². The Bertz CT molecular complexity index is 143. The van der Waals surface area contributed by atoms with Gasteiger partial charge in [-0.1, -0.05) is 6.92 Å². The zero-order valence-corrected chi connectivity index (χ0v) is 7.92. The van der Waals surface area contributed by atoms with Gasteiger partial charge in [0.2, 0.25) is 0 Å². The maximum Gasteiger partial charge on any atom is 0.0841 e. The predicted octanol–water partition coefficient (Wildman–Crippen LogP) is 0.369. The quantitative estimate of drug-likeness (QED) is 0.645. The van der Waals surface area contributed by atoms with Crippen LogP contribution in [0.4, 0.5) is 0 Å². The molecule has 3 nitrogen and oxygen atoms in total. The second-order valence-corrected chi connectivity index (χ2v) is 4.05. The molecule has 0 amide bonds. The molecular formula is C9H19NO2. The van der Waals surface area contributed by atoms with Crippen molar-refractivity contribution >= 4 is 0 Å². The Morgan fingerprint density at radius 2 is 2.25 bits per heavy atom. The van der Waals surface area contributed by atoms with Crippen LogP contribution in [0.15, 0.2) is 0 Å². The molecule has 72 valence electrons. The number of aliphatic hydroxyl groups is 1. The summed E-state index contributed by atoms with van der Waals surface area (Å²) < 4.78 is 4.92. The molecule has 0 radical (unpaired) electrons. The van der Waals surface area contributed by atoms with Crippen molar-refractivity contribution in [3.8, 4) is 0 Å². The van der Waals surface area contributed by atoms with Crippen LogP contribution in [0.5, 0.6) is 0 Å². The molecule has 0 aromatic carbocycles. The van der Waals surface area contributed by atoms with Crippen LogP contribution < -0.4 is 5.73 Å². The van der Waals surface area contributed by atoms with Crippen LogP contribution in [0, 0.1) is 11.3 Å².